The molecule has 0 saturated heterocycles. The molecule has 0 aliphatic heterocycles. The van der Waals surface area contributed by atoms with Crippen molar-refractivity contribution in [1.82, 2.24) is 0 Å². The lowest BCUT2D eigenvalue weighted by Crippen LogP contribution is -2.10. The average molecular weight is 307 g/mol. The average Bonchev–Trinajstić information content (AvgIpc) is 2.20. The lowest BCUT2D eigenvalue weighted by molar-refractivity contribution is -0.385. The van der Waals surface area contributed by atoms with E-state index in [2.05, 4.69) is 15.9 Å². The minimum atomic E-state index is -0.387. The van der Waals surface area contributed by atoms with Crippen molar-refractivity contribution in [2.45, 2.75) is 25.6 Å². The topological polar surface area (TPSA) is 43.1 Å². The third-order valence-electron chi connectivity index (χ3n) is 2.58. The number of hydrogen-bond acceptors (Lipinski definition) is 2. The summed E-state index contributed by atoms with van der Waals surface area (Å²) in [5.41, 5.74) is 1.03. The number of rotatable bonds is 4. The van der Waals surface area contributed by atoms with Crippen LogP contribution in [0.25, 0.3) is 0 Å². The Balaban J connectivity index is 2.98. The third kappa shape index (κ3) is 3.19. The first-order valence-electron chi connectivity index (χ1n) is 4.99. The molecule has 0 heterocycles. The van der Waals surface area contributed by atoms with Crippen molar-refractivity contribution in [3.05, 3.63) is 38.3 Å². The number of halogens is 2. The highest BCUT2D eigenvalue weighted by Crippen LogP contribution is 2.30. The van der Waals surface area contributed by atoms with Gasteiger partial charge in [-0.1, -0.05) is 19.1 Å². The zero-order valence-electron chi connectivity index (χ0n) is 9.11. The molecule has 0 aliphatic carbocycles. The van der Waals surface area contributed by atoms with Gasteiger partial charge >= 0.3 is 0 Å². The highest BCUT2D eigenvalue weighted by molar-refractivity contribution is 9.10. The molecule has 0 saturated carbocycles. The van der Waals surface area contributed by atoms with E-state index < -0.39 is 0 Å². The third-order valence-corrected chi connectivity index (χ3v) is 3.93. The highest BCUT2D eigenvalue weighted by Gasteiger charge is 2.17. The maximum Gasteiger partial charge on any atom is 0.283 e. The van der Waals surface area contributed by atoms with E-state index >= 15 is 0 Å². The van der Waals surface area contributed by atoms with Crippen LogP contribution in [-0.4, -0.2) is 10.3 Å². The number of benzene rings is 1. The van der Waals surface area contributed by atoms with E-state index in [1.54, 1.807) is 6.07 Å². The first-order valence-corrected chi connectivity index (χ1v) is 6.22. The van der Waals surface area contributed by atoms with Gasteiger partial charge in [-0.2, -0.15) is 0 Å². The van der Waals surface area contributed by atoms with Gasteiger partial charge in [-0.05, 0) is 40.8 Å². The first kappa shape index (κ1) is 13.5. The fourth-order valence-electron chi connectivity index (χ4n) is 1.37. The van der Waals surface area contributed by atoms with Gasteiger partial charge in [0, 0.05) is 11.4 Å². The summed E-state index contributed by atoms with van der Waals surface area (Å²) in [4.78, 5) is 10.4. The van der Waals surface area contributed by atoms with Crippen molar-refractivity contribution in [2.24, 2.45) is 5.92 Å². The summed E-state index contributed by atoms with van der Waals surface area (Å²) in [7, 11) is 0. The Kier molecular flexibility index (Phi) is 4.74. The fourth-order valence-corrected chi connectivity index (χ4v) is 2.03. The number of nitrogens with zero attached hydrogens (tertiary/aromatic N) is 1. The molecule has 1 rings (SSSR count). The molecule has 0 N–H and O–H groups in total. The summed E-state index contributed by atoms with van der Waals surface area (Å²) in [6.45, 7) is 3.96. The van der Waals surface area contributed by atoms with Crippen LogP contribution >= 0.6 is 27.5 Å². The predicted molar refractivity (Wildman–Crippen MR) is 69.0 cm³/mol. The molecule has 0 aromatic heterocycles. The van der Waals surface area contributed by atoms with Gasteiger partial charge in [0.25, 0.3) is 5.69 Å². The molecule has 3 nitrogen and oxygen atoms in total. The second-order valence-corrected chi connectivity index (χ2v) is 5.35. The van der Waals surface area contributed by atoms with Crippen LogP contribution in [0.3, 0.4) is 0 Å². The van der Waals surface area contributed by atoms with E-state index in [-0.39, 0.29) is 21.9 Å². The van der Waals surface area contributed by atoms with Crippen molar-refractivity contribution in [1.29, 1.82) is 0 Å². The summed E-state index contributed by atoms with van der Waals surface area (Å²) in [6.07, 6.45) is 0.729. The Morgan fingerprint density at radius 1 is 1.50 bits per heavy atom. The summed E-state index contributed by atoms with van der Waals surface area (Å²) in [6, 6.07) is 5.07. The molecule has 0 aliphatic rings. The maximum absolute atomic E-state index is 10.7. The van der Waals surface area contributed by atoms with E-state index in [0.29, 0.717) is 4.47 Å². The monoisotopic (exact) mass is 305 g/mol. The molecular formula is C11H13BrClNO2. The normalized spacial score (nSPS) is 14.5. The fraction of sp³-hybridized carbons (Fsp3) is 0.455. The van der Waals surface area contributed by atoms with Gasteiger partial charge in [0.15, 0.2) is 0 Å². The van der Waals surface area contributed by atoms with Crippen LogP contribution in [0.5, 0.6) is 0 Å². The second-order valence-electron chi connectivity index (χ2n) is 3.87. The molecule has 0 bridgehead atoms. The van der Waals surface area contributed by atoms with Gasteiger partial charge in [-0.25, -0.2) is 0 Å². The Hall–Kier alpha value is -0.610. The lowest BCUT2D eigenvalue weighted by atomic mass is 9.98. The molecule has 0 radical (unpaired) electrons. The molecule has 88 valence electrons. The van der Waals surface area contributed by atoms with Gasteiger partial charge < -0.3 is 0 Å². The summed E-state index contributed by atoms with van der Waals surface area (Å²) >= 11 is 9.26. The minimum Gasteiger partial charge on any atom is -0.258 e. The summed E-state index contributed by atoms with van der Waals surface area (Å²) in [5, 5.41) is 10.8. The molecule has 0 amide bonds. The Bertz CT molecular complexity index is 396. The van der Waals surface area contributed by atoms with Crippen LogP contribution in [-0.2, 0) is 6.42 Å². The molecule has 1 aromatic rings. The van der Waals surface area contributed by atoms with Crippen molar-refractivity contribution in [3.63, 3.8) is 0 Å². The van der Waals surface area contributed by atoms with Crippen LogP contribution in [0, 0.1) is 16.0 Å². The molecule has 0 fully saturated rings. The Labute approximate surface area is 108 Å². The molecule has 2 atom stereocenters. The molecule has 1 aromatic carbocycles. The van der Waals surface area contributed by atoms with Crippen molar-refractivity contribution < 1.29 is 4.92 Å². The lowest BCUT2D eigenvalue weighted by Gasteiger charge is -2.14. The Morgan fingerprint density at radius 3 is 2.62 bits per heavy atom. The molecule has 2 unspecified atom stereocenters. The van der Waals surface area contributed by atoms with E-state index in [0.717, 1.165) is 12.0 Å². The van der Waals surface area contributed by atoms with Gasteiger partial charge in [-0.15, -0.1) is 11.6 Å². The van der Waals surface area contributed by atoms with Crippen LogP contribution in [0.2, 0.25) is 0 Å². The quantitative estimate of drug-likeness (QED) is 0.476. The van der Waals surface area contributed by atoms with Crippen molar-refractivity contribution >= 4 is 33.2 Å². The van der Waals surface area contributed by atoms with Gasteiger partial charge in [0.2, 0.25) is 0 Å². The standard InChI is InChI=1S/C11H13BrClNO2/c1-7(8(2)13)6-9-4-3-5-10(11(9)12)14(15)16/h3-5,7-8H,6H2,1-2H3. The molecule has 0 spiro atoms. The van der Waals surface area contributed by atoms with E-state index in [9.17, 15) is 10.1 Å². The number of nitro groups is 1. The zero-order valence-corrected chi connectivity index (χ0v) is 11.5. The second kappa shape index (κ2) is 5.64. The van der Waals surface area contributed by atoms with Gasteiger partial charge in [0.1, 0.15) is 0 Å². The van der Waals surface area contributed by atoms with Crippen LogP contribution < -0.4 is 0 Å². The van der Waals surface area contributed by atoms with Gasteiger partial charge in [0.05, 0.1) is 9.40 Å². The van der Waals surface area contributed by atoms with Crippen LogP contribution in [0.1, 0.15) is 19.4 Å². The Morgan fingerprint density at radius 2 is 2.12 bits per heavy atom. The first-order chi connectivity index (χ1) is 7.43. The van der Waals surface area contributed by atoms with Gasteiger partial charge in [-0.3, -0.25) is 10.1 Å². The largest absolute Gasteiger partial charge is 0.283 e. The summed E-state index contributed by atoms with van der Waals surface area (Å²) in [5.74, 6) is 0.278. The number of alkyl halides is 1. The predicted octanol–water partition coefficient (Wildman–Crippen LogP) is 4.16. The molecule has 5 heteroatoms. The van der Waals surface area contributed by atoms with Crippen molar-refractivity contribution in [2.75, 3.05) is 0 Å². The van der Waals surface area contributed by atoms with Crippen LogP contribution in [0.15, 0.2) is 22.7 Å². The minimum absolute atomic E-state index is 0.0474. The maximum atomic E-state index is 10.7. The smallest absolute Gasteiger partial charge is 0.258 e. The summed E-state index contributed by atoms with van der Waals surface area (Å²) < 4.78 is 0.559. The number of hydrogen-bond donors (Lipinski definition) is 0. The molecule has 16 heavy (non-hydrogen) atoms. The highest BCUT2D eigenvalue weighted by atomic mass is 79.9. The molecular weight excluding hydrogens is 293 g/mol. The van der Waals surface area contributed by atoms with E-state index in [4.69, 9.17) is 11.6 Å². The van der Waals surface area contributed by atoms with E-state index in [1.165, 1.54) is 6.07 Å². The van der Waals surface area contributed by atoms with E-state index in [1.807, 2.05) is 19.9 Å². The SMILES string of the molecule is CC(Cl)C(C)Cc1cccc([N+](=O)[O-])c1Br. The van der Waals surface area contributed by atoms with Crippen molar-refractivity contribution in [3.8, 4) is 0 Å². The zero-order chi connectivity index (χ0) is 12.3. The van der Waals surface area contributed by atoms with Crippen LogP contribution in [0.4, 0.5) is 5.69 Å². The number of nitro benzene ring substituents is 1.